The van der Waals surface area contributed by atoms with Crippen LogP contribution in [0.4, 0.5) is 5.82 Å². The lowest BCUT2D eigenvalue weighted by Gasteiger charge is -2.37. The smallest absolute Gasteiger partial charge is 0.254 e. The maximum atomic E-state index is 12.6. The van der Waals surface area contributed by atoms with Crippen LogP contribution in [0, 0.1) is 6.92 Å². The minimum atomic E-state index is -0.329. The van der Waals surface area contributed by atoms with Crippen molar-refractivity contribution in [2.24, 2.45) is 5.84 Å². The molecule has 7 nitrogen and oxygen atoms in total. The molecule has 1 aromatic rings. The molecule has 1 fully saturated rings. The molecule has 0 radical (unpaired) electrons. The van der Waals surface area contributed by atoms with Crippen molar-refractivity contribution in [3.05, 3.63) is 23.4 Å². The number of rotatable bonds is 3. The molecule has 2 rings (SSSR count). The van der Waals surface area contributed by atoms with E-state index in [1.165, 1.54) is 0 Å². The first-order valence-electron chi connectivity index (χ1n) is 6.54. The number of amides is 1. The zero-order valence-electron chi connectivity index (χ0n) is 11.7. The third-order valence-corrected chi connectivity index (χ3v) is 3.32. The molecule has 1 amide bonds. The van der Waals surface area contributed by atoms with E-state index in [4.69, 9.17) is 10.6 Å². The molecule has 1 saturated heterocycles. The molecule has 110 valence electrons. The number of hydrogen-bond donors (Lipinski definition) is 3. The van der Waals surface area contributed by atoms with Crippen LogP contribution >= 0.6 is 0 Å². The molecule has 0 bridgehead atoms. The van der Waals surface area contributed by atoms with Gasteiger partial charge in [-0.25, -0.2) is 10.8 Å². The zero-order valence-corrected chi connectivity index (χ0v) is 11.7. The van der Waals surface area contributed by atoms with Gasteiger partial charge in [-0.15, -0.1) is 0 Å². The second kappa shape index (κ2) is 6.17. The van der Waals surface area contributed by atoms with Crippen LogP contribution in [-0.4, -0.2) is 52.8 Å². The fourth-order valence-corrected chi connectivity index (χ4v) is 2.24. The monoisotopic (exact) mass is 280 g/mol. The highest BCUT2D eigenvalue weighted by molar-refractivity contribution is 5.95. The van der Waals surface area contributed by atoms with Crippen LogP contribution in [-0.2, 0) is 4.74 Å². The number of nitrogen functional groups attached to an aromatic ring is 1. The lowest BCUT2D eigenvalue weighted by Crippen LogP contribution is -2.52. The Kier molecular flexibility index (Phi) is 4.53. The van der Waals surface area contributed by atoms with Gasteiger partial charge in [-0.05, 0) is 26.0 Å². The summed E-state index contributed by atoms with van der Waals surface area (Å²) >= 11 is 0. The summed E-state index contributed by atoms with van der Waals surface area (Å²) in [6, 6.07) is 3.30. The first-order chi connectivity index (χ1) is 9.55. The number of nitrogens with zero attached hydrogens (tertiary/aromatic N) is 2. The predicted octanol–water partition coefficient (Wildman–Crippen LogP) is -0.103. The van der Waals surface area contributed by atoms with E-state index < -0.39 is 0 Å². The molecule has 0 saturated carbocycles. The SMILES string of the molecule is Cc1cc(C(=O)N2CC(CO)OCC2C)cc(NN)n1. The standard InChI is InChI=1S/C13H20N4O3/c1-8-3-10(4-12(15-8)16-14)13(19)17-5-11(6-18)20-7-9(17)2/h3-4,9,11,18H,5-7,14H2,1-2H3,(H,15,16). The highest BCUT2D eigenvalue weighted by Crippen LogP contribution is 2.17. The molecule has 7 heteroatoms. The van der Waals surface area contributed by atoms with Crippen LogP contribution in [0.5, 0.6) is 0 Å². The van der Waals surface area contributed by atoms with Gasteiger partial charge in [-0.3, -0.25) is 4.79 Å². The first kappa shape index (κ1) is 14.7. The zero-order chi connectivity index (χ0) is 14.7. The molecule has 1 aliphatic rings. The van der Waals surface area contributed by atoms with Crippen LogP contribution < -0.4 is 11.3 Å². The molecule has 2 heterocycles. The Hall–Kier alpha value is -1.70. The normalized spacial score (nSPS) is 22.7. The maximum absolute atomic E-state index is 12.6. The second-order valence-corrected chi connectivity index (χ2v) is 4.97. The van der Waals surface area contributed by atoms with Gasteiger partial charge in [0.25, 0.3) is 5.91 Å². The molecule has 1 aromatic heterocycles. The Morgan fingerprint density at radius 1 is 1.65 bits per heavy atom. The van der Waals surface area contributed by atoms with Gasteiger partial charge in [0.2, 0.25) is 0 Å². The topological polar surface area (TPSA) is 101 Å². The van der Waals surface area contributed by atoms with Crippen LogP contribution in [0.2, 0.25) is 0 Å². The van der Waals surface area contributed by atoms with Gasteiger partial charge in [0, 0.05) is 17.8 Å². The number of anilines is 1. The van der Waals surface area contributed by atoms with Gasteiger partial charge in [0.05, 0.1) is 25.4 Å². The van der Waals surface area contributed by atoms with Gasteiger partial charge in [0.15, 0.2) is 0 Å². The second-order valence-electron chi connectivity index (χ2n) is 4.97. The van der Waals surface area contributed by atoms with E-state index in [2.05, 4.69) is 10.4 Å². The van der Waals surface area contributed by atoms with Crippen molar-refractivity contribution in [1.82, 2.24) is 9.88 Å². The third-order valence-electron chi connectivity index (χ3n) is 3.32. The first-order valence-corrected chi connectivity index (χ1v) is 6.54. The van der Waals surface area contributed by atoms with Crippen molar-refractivity contribution in [2.75, 3.05) is 25.2 Å². The van der Waals surface area contributed by atoms with Crippen molar-refractivity contribution in [2.45, 2.75) is 26.0 Å². The molecule has 2 unspecified atom stereocenters. The number of aliphatic hydroxyl groups is 1. The number of hydrazine groups is 1. The summed E-state index contributed by atoms with van der Waals surface area (Å²) in [5, 5.41) is 9.17. The highest BCUT2D eigenvalue weighted by Gasteiger charge is 2.30. The predicted molar refractivity (Wildman–Crippen MR) is 74.1 cm³/mol. The van der Waals surface area contributed by atoms with Crippen LogP contribution in [0.1, 0.15) is 23.0 Å². The highest BCUT2D eigenvalue weighted by atomic mass is 16.5. The van der Waals surface area contributed by atoms with Crippen LogP contribution in [0.3, 0.4) is 0 Å². The number of nitrogens with two attached hydrogens (primary N) is 1. The summed E-state index contributed by atoms with van der Waals surface area (Å²) in [6.45, 7) is 4.42. The Morgan fingerprint density at radius 3 is 3.05 bits per heavy atom. The van der Waals surface area contributed by atoms with E-state index in [-0.39, 0.29) is 24.7 Å². The van der Waals surface area contributed by atoms with E-state index in [0.717, 1.165) is 0 Å². The van der Waals surface area contributed by atoms with Crippen molar-refractivity contribution in [3.8, 4) is 0 Å². The fourth-order valence-electron chi connectivity index (χ4n) is 2.24. The summed E-state index contributed by atoms with van der Waals surface area (Å²) in [6.07, 6.45) is -0.329. The van der Waals surface area contributed by atoms with Gasteiger partial charge < -0.3 is 20.2 Å². The maximum Gasteiger partial charge on any atom is 0.254 e. The Bertz CT molecular complexity index is 495. The third kappa shape index (κ3) is 3.06. The van der Waals surface area contributed by atoms with Gasteiger partial charge in [0.1, 0.15) is 5.82 Å². The fraction of sp³-hybridized carbons (Fsp3) is 0.538. The summed E-state index contributed by atoms with van der Waals surface area (Å²) in [4.78, 5) is 18.5. The van der Waals surface area contributed by atoms with Crippen molar-refractivity contribution in [3.63, 3.8) is 0 Å². The van der Waals surface area contributed by atoms with Crippen molar-refractivity contribution in [1.29, 1.82) is 0 Å². The molecule has 0 aliphatic carbocycles. The number of morpholine rings is 1. The number of aryl methyl sites for hydroxylation is 1. The lowest BCUT2D eigenvalue weighted by molar-refractivity contribution is -0.0667. The summed E-state index contributed by atoms with van der Waals surface area (Å²) in [7, 11) is 0. The van der Waals surface area contributed by atoms with Gasteiger partial charge >= 0.3 is 0 Å². The minimum absolute atomic E-state index is 0.0342. The number of hydrogen-bond acceptors (Lipinski definition) is 6. The number of pyridine rings is 1. The molecule has 0 aromatic carbocycles. The number of carbonyl (C=O) groups is 1. The minimum Gasteiger partial charge on any atom is -0.394 e. The van der Waals surface area contributed by atoms with E-state index >= 15 is 0 Å². The van der Waals surface area contributed by atoms with E-state index in [9.17, 15) is 9.90 Å². The summed E-state index contributed by atoms with van der Waals surface area (Å²) in [5.74, 6) is 5.69. The summed E-state index contributed by atoms with van der Waals surface area (Å²) < 4.78 is 5.44. The van der Waals surface area contributed by atoms with Crippen LogP contribution in [0.15, 0.2) is 12.1 Å². The number of carbonyl (C=O) groups excluding carboxylic acids is 1. The Balaban J connectivity index is 2.23. The average Bonchev–Trinajstić information content (AvgIpc) is 2.46. The molecule has 0 spiro atoms. The molecule has 2 atom stereocenters. The number of aliphatic hydroxyl groups excluding tert-OH is 1. The van der Waals surface area contributed by atoms with Crippen molar-refractivity contribution >= 4 is 11.7 Å². The number of nitrogens with one attached hydrogen (secondary N) is 1. The van der Waals surface area contributed by atoms with Gasteiger partial charge in [-0.1, -0.05) is 0 Å². The number of ether oxygens (including phenoxy) is 1. The molecule has 20 heavy (non-hydrogen) atoms. The largest absolute Gasteiger partial charge is 0.394 e. The van der Waals surface area contributed by atoms with E-state index in [1.54, 1.807) is 24.0 Å². The lowest BCUT2D eigenvalue weighted by atomic mass is 10.1. The van der Waals surface area contributed by atoms with E-state index in [0.29, 0.717) is 30.2 Å². The molecule has 1 aliphatic heterocycles. The average molecular weight is 280 g/mol. The number of aromatic nitrogens is 1. The Labute approximate surface area is 117 Å². The summed E-state index contributed by atoms with van der Waals surface area (Å²) in [5.41, 5.74) is 3.69. The van der Waals surface area contributed by atoms with Crippen molar-refractivity contribution < 1.29 is 14.6 Å². The van der Waals surface area contributed by atoms with Gasteiger partial charge in [-0.2, -0.15) is 0 Å². The molecule has 4 N–H and O–H groups in total. The van der Waals surface area contributed by atoms with E-state index in [1.807, 2.05) is 6.92 Å². The molecular formula is C13H20N4O3. The molecular weight excluding hydrogens is 260 g/mol. The van der Waals surface area contributed by atoms with Crippen LogP contribution in [0.25, 0.3) is 0 Å². The quantitative estimate of drug-likeness (QED) is 0.528. The Morgan fingerprint density at radius 2 is 2.40 bits per heavy atom.